The molecule has 7 nitrogen and oxygen atoms in total. The Hall–Kier alpha value is -3.06. The van der Waals surface area contributed by atoms with E-state index in [-0.39, 0.29) is 12.0 Å². The highest BCUT2D eigenvalue weighted by atomic mass is 16.5. The van der Waals surface area contributed by atoms with Crippen molar-refractivity contribution < 1.29 is 9.53 Å². The summed E-state index contributed by atoms with van der Waals surface area (Å²) in [7, 11) is 0. The molecule has 1 aromatic carbocycles. The predicted octanol–water partition coefficient (Wildman–Crippen LogP) is 2.74. The minimum Gasteiger partial charge on any atom is -0.368 e. The molecular formula is C21H23N5O2. The lowest BCUT2D eigenvalue weighted by molar-refractivity contribution is -0.132. The average Bonchev–Trinajstić information content (AvgIpc) is 3.17. The third kappa shape index (κ3) is 3.29. The number of allylic oxidation sites excluding steroid dienone is 1. The fraction of sp³-hybridized carbons (Fsp3) is 0.333. The van der Waals surface area contributed by atoms with Crippen LogP contribution < -0.4 is 0 Å². The van der Waals surface area contributed by atoms with Crippen molar-refractivity contribution in [3.05, 3.63) is 65.2 Å². The van der Waals surface area contributed by atoms with Gasteiger partial charge in [0, 0.05) is 17.8 Å². The molecule has 2 aromatic heterocycles. The van der Waals surface area contributed by atoms with E-state index < -0.39 is 0 Å². The second-order valence-corrected chi connectivity index (χ2v) is 6.92. The Morgan fingerprint density at radius 1 is 1.29 bits per heavy atom. The number of fused-ring (bicyclic) bond motifs is 1. The van der Waals surface area contributed by atoms with E-state index in [2.05, 4.69) is 15.1 Å². The lowest BCUT2D eigenvalue weighted by Crippen LogP contribution is -2.43. The third-order valence-electron chi connectivity index (χ3n) is 5.05. The maximum absolute atomic E-state index is 13.3. The van der Waals surface area contributed by atoms with Gasteiger partial charge in [0.15, 0.2) is 0 Å². The van der Waals surface area contributed by atoms with Crippen LogP contribution in [0.3, 0.4) is 0 Å². The summed E-state index contributed by atoms with van der Waals surface area (Å²) in [6.45, 7) is 7.33. The van der Waals surface area contributed by atoms with Crippen molar-refractivity contribution >= 4 is 17.3 Å². The molecule has 1 atom stereocenters. The van der Waals surface area contributed by atoms with Crippen LogP contribution in [-0.2, 0) is 9.53 Å². The second-order valence-electron chi connectivity index (χ2n) is 6.92. The zero-order valence-electron chi connectivity index (χ0n) is 16.3. The van der Waals surface area contributed by atoms with Crippen molar-refractivity contribution in [3.8, 4) is 0 Å². The van der Waals surface area contributed by atoms with Gasteiger partial charge in [-0.05, 0) is 38.0 Å². The number of rotatable bonds is 3. The molecule has 0 bridgehead atoms. The summed E-state index contributed by atoms with van der Waals surface area (Å²) in [6.07, 6.45) is 3.09. The number of hydrogen-bond acceptors (Lipinski definition) is 5. The fourth-order valence-corrected chi connectivity index (χ4v) is 3.64. The number of ether oxygens (including phenoxy) is 1. The van der Waals surface area contributed by atoms with E-state index in [0.717, 1.165) is 28.1 Å². The molecule has 144 valence electrons. The Morgan fingerprint density at radius 2 is 2.11 bits per heavy atom. The summed E-state index contributed by atoms with van der Waals surface area (Å²) < 4.78 is 7.67. The minimum atomic E-state index is -0.279. The van der Waals surface area contributed by atoms with Crippen molar-refractivity contribution in [1.82, 2.24) is 24.5 Å². The third-order valence-corrected chi connectivity index (χ3v) is 5.05. The molecule has 0 N–H and O–H groups in total. The van der Waals surface area contributed by atoms with Crippen LogP contribution in [0.15, 0.2) is 42.7 Å². The van der Waals surface area contributed by atoms with E-state index in [1.54, 1.807) is 4.52 Å². The van der Waals surface area contributed by atoms with Gasteiger partial charge in [-0.25, -0.2) is 4.98 Å². The number of amides is 1. The smallest absolute Gasteiger partial charge is 0.254 e. The molecule has 1 aliphatic heterocycles. The van der Waals surface area contributed by atoms with Crippen molar-refractivity contribution in [2.24, 2.45) is 0 Å². The molecule has 3 heterocycles. The van der Waals surface area contributed by atoms with Crippen LogP contribution in [0.1, 0.15) is 35.5 Å². The zero-order chi connectivity index (χ0) is 19.7. The molecular weight excluding hydrogens is 354 g/mol. The molecule has 4 rings (SSSR count). The molecule has 0 radical (unpaired) electrons. The summed E-state index contributed by atoms with van der Waals surface area (Å²) in [5.41, 5.74) is 4.47. The molecule has 0 spiro atoms. The molecule has 1 saturated heterocycles. The first-order chi connectivity index (χ1) is 13.6. The van der Waals surface area contributed by atoms with Gasteiger partial charge in [-0.2, -0.15) is 14.6 Å². The largest absolute Gasteiger partial charge is 0.368 e. The molecule has 28 heavy (non-hydrogen) atoms. The van der Waals surface area contributed by atoms with Crippen LogP contribution in [0.5, 0.6) is 0 Å². The van der Waals surface area contributed by atoms with E-state index in [1.165, 1.54) is 6.33 Å². The highest BCUT2D eigenvalue weighted by Crippen LogP contribution is 2.27. The first-order valence-electron chi connectivity index (χ1n) is 9.39. The molecule has 1 aliphatic rings. The Balaban J connectivity index is 1.62. The van der Waals surface area contributed by atoms with Crippen LogP contribution in [0.2, 0.25) is 0 Å². The van der Waals surface area contributed by atoms with Gasteiger partial charge < -0.3 is 9.64 Å². The molecule has 1 unspecified atom stereocenters. The van der Waals surface area contributed by atoms with Crippen LogP contribution in [0.4, 0.5) is 0 Å². The van der Waals surface area contributed by atoms with Crippen molar-refractivity contribution in [2.45, 2.75) is 26.9 Å². The van der Waals surface area contributed by atoms with Gasteiger partial charge in [0.05, 0.1) is 18.8 Å². The molecule has 0 saturated carbocycles. The predicted molar refractivity (Wildman–Crippen MR) is 106 cm³/mol. The number of carbonyl (C=O) groups is 1. The topological polar surface area (TPSA) is 72.6 Å². The summed E-state index contributed by atoms with van der Waals surface area (Å²) in [5, 5.41) is 4.26. The summed E-state index contributed by atoms with van der Waals surface area (Å²) in [5.74, 6) is 0.557. The number of morpholine rings is 1. The molecule has 1 fully saturated rings. The van der Waals surface area contributed by atoms with Gasteiger partial charge in [0.2, 0.25) is 0 Å². The van der Waals surface area contributed by atoms with Crippen LogP contribution in [0, 0.1) is 13.8 Å². The number of aryl methyl sites for hydroxylation is 2. The van der Waals surface area contributed by atoms with Gasteiger partial charge >= 0.3 is 0 Å². The normalized spacial score (nSPS) is 17.9. The Morgan fingerprint density at radius 3 is 2.89 bits per heavy atom. The van der Waals surface area contributed by atoms with Gasteiger partial charge in [0.25, 0.3) is 11.7 Å². The van der Waals surface area contributed by atoms with E-state index in [4.69, 9.17) is 4.74 Å². The number of carbonyl (C=O) groups excluding carboxylic acids is 1. The van der Waals surface area contributed by atoms with Crippen molar-refractivity contribution in [2.75, 3.05) is 19.7 Å². The van der Waals surface area contributed by atoms with E-state index in [0.29, 0.717) is 25.5 Å². The average molecular weight is 377 g/mol. The standard InChI is InChI=1S/C21H23N5O2/c1-4-16(17-8-6-5-7-14(17)2)20(27)25-9-10-28-19(12-25)18-11-15(3)24-21-22-13-23-26(18)21/h4-8,11,13,19H,9-10,12H2,1-3H3/b16-4+. The molecule has 0 aliphatic carbocycles. The summed E-state index contributed by atoms with van der Waals surface area (Å²) in [6, 6.07) is 9.90. The highest BCUT2D eigenvalue weighted by molar-refractivity contribution is 6.19. The number of aromatic nitrogens is 4. The lowest BCUT2D eigenvalue weighted by Gasteiger charge is -2.34. The van der Waals surface area contributed by atoms with E-state index in [9.17, 15) is 4.79 Å². The molecule has 1 amide bonds. The van der Waals surface area contributed by atoms with Gasteiger partial charge in [-0.3, -0.25) is 4.79 Å². The highest BCUT2D eigenvalue weighted by Gasteiger charge is 2.29. The zero-order valence-corrected chi connectivity index (χ0v) is 16.3. The Kier molecular flexibility index (Phi) is 4.92. The maximum Gasteiger partial charge on any atom is 0.254 e. The lowest BCUT2D eigenvalue weighted by atomic mass is 9.99. The SMILES string of the molecule is C/C=C(/C(=O)N1CCOC(c2cc(C)nc3ncnn23)C1)c1ccccc1C. The summed E-state index contributed by atoms with van der Waals surface area (Å²) in [4.78, 5) is 23.7. The molecule has 3 aromatic rings. The fourth-order valence-electron chi connectivity index (χ4n) is 3.64. The van der Waals surface area contributed by atoms with Crippen LogP contribution >= 0.6 is 0 Å². The van der Waals surface area contributed by atoms with Crippen molar-refractivity contribution in [1.29, 1.82) is 0 Å². The Bertz CT molecular complexity index is 1060. The number of benzene rings is 1. The van der Waals surface area contributed by atoms with Crippen LogP contribution in [0.25, 0.3) is 11.4 Å². The van der Waals surface area contributed by atoms with Crippen LogP contribution in [-0.4, -0.2) is 50.1 Å². The van der Waals surface area contributed by atoms with E-state index in [1.807, 2.05) is 62.1 Å². The van der Waals surface area contributed by atoms with Gasteiger partial charge in [0.1, 0.15) is 12.4 Å². The maximum atomic E-state index is 13.3. The minimum absolute atomic E-state index is 0.0192. The number of nitrogens with zero attached hydrogens (tertiary/aromatic N) is 5. The van der Waals surface area contributed by atoms with E-state index >= 15 is 0 Å². The van der Waals surface area contributed by atoms with Crippen molar-refractivity contribution in [3.63, 3.8) is 0 Å². The first-order valence-corrected chi connectivity index (χ1v) is 9.39. The quantitative estimate of drug-likeness (QED) is 0.656. The summed E-state index contributed by atoms with van der Waals surface area (Å²) >= 11 is 0. The van der Waals surface area contributed by atoms with Gasteiger partial charge in [-0.15, -0.1) is 0 Å². The Labute approximate surface area is 163 Å². The number of hydrogen-bond donors (Lipinski definition) is 0. The monoisotopic (exact) mass is 377 g/mol. The first kappa shape index (κ1) is 18.3. The second kappa shape index (κ2) is 7.52. The molecule has 7 heteroatoms. The van der Waals surface area contributed by atoms with Gasteiger partial charge in [-0.1, -0.05) is 30.3 Å².